The summed E-state index contributed by atoms with van der Waals surface area (Å²) in [6, 6.07) is 0.727. The van der Waals surface area contributed by atoms with Gasteiger partial charge in [0.25, 0.3) is 0 Å². The van der Waals surface area contributed by atoms with Crippen LogP contribution in [0.1, 0.15) is 67.2 Å². The fourth-order valence-electron chi connectivity index (χ4n) is 2.61. The predicted molar refractivity (Wildman–Crippen MR) is 74.8 cm³/mol. The van der Waals surface area contributed by atoms with E-state index in [0.29, 0.717) is 0 Å². The first-order chi connectivity index (χ1) is 7.51. The van der Waals surface area contributed by atoms with Crippen molar-refractivity contribution in [3.05, 3.63) is 0 Å². The summed E-state index contributed by atoms with van der Waals surface area (Å²) in [7, 11) is 0. The lowest BCUT2D eigenvalue weighted by atomic mass is 9.83. The Morgan fingerprint density at radius 2 is 1.38 bits per heavy atom. The van der Waals surface area contributed by atoms with E-state index in [-0.39, 0.29) is 0 Å². The van der Waals surface area contributed by atoms with Gasteiger partial charge in [0.2, 0.25) is 0 Å². The van der Waals surface area contributed by atoms with Crippen LogP contribution < -0.4 is 5.32 Å². The van der Waals surface area contributed by atoms with Crippen LogP contribution in [-0.2, 0) is 0 Å². The molecule has 16 heavy (non-hydrogen) atoms. The second kappa shape index (κ2) is 9.04. The molecule has 0 saturated heterocycles. The molecule has 0 spiro atoms. The number of nitrogens with one attached hydrogen (secondary N) is 1. The summed E-state index contributed by atoms with van der Waals surface area (Å²) in [5.74, 6) is 2.50. The van der Waals surface area contributed by atoms with Gasteiger partial charge in [0.05, 0.1) is 0 Å². The van der Waals surface area contributed by atoms with E-state index in [0.717, 1.165) is 23.8 Å². The summed E-state index contributed by atoms with van der Waals surface area (Å²) >= 11 is 0. The highest BCUT2D eigenvalue weighted by Crippen LogP contribution is 2.24. The van der Waals surface area contributed by atoms with E-state index in [9.17, 15) is 0 Å². The summed E-state index contributed by atoms with van der Waals surface area (Å²) in [5.41, 5.74) is 0. The average Bonchev–Trinajstić information content (AvgIpc) is 2.16. The Bertz CT molecular complexity index is 142. The normalized spacial score (nSPS) is 14.1. The van der Waals surface area contributed by atoms with E-state index in [4.69, 9.17) is 0 Å². The molecule has 0 rings (SSSR count). The predicted octanol–water partition coefficient (Wildman–Crippen LogP) is 4.47. The SMILES string of the molecule is CCCNC(CC)C(CC(C)C)CC(C)C. The molecule has 1 heteroatoms. The van der Waals surface area contributed by atoms with Crippen LogP contribution in [0.3, 0.4) is 0 Å². The first-order valence-electron chi connectivity index (χ1n) is 7.24. The number of rotatable bonds is 9. The molecule has 0 amide bonds. The van der Waals surface area contributed by atoms with Crippen molar-refractivity contribution >= 4 is 0 Å². The van der Waals surface area contributed by atoms with Crippen LogP contribution in [0.25, 0.3) is 0 Å². The lowest BCUT2D eigenvalue weighted by Crippen LogP contribution is -2.37. The second-order valence-corrected chi connectivity index (χ2v) is 5.99. The maximum absolute atomic E-state index is 3.73. The summed E-state index contributed by atoms with van der Waals surface area (Å²) < 4.78 is 0. The molecular weight excluding hydrogens is 194 g/mol. The maximum atomic E-state index is 3.73. The van der Waals surface area contributed by atoms with Crippen LogP contribution in [0.4, 0.5) is 0 Å². The lowest BCUT2D eigenvalue weighted by molar-refractivity contribution is 0.254. The van der Waals surface area contributed by atoms with E-state index < -0.39 is 0 Å². The second-order valence-electron chi connectivity index (χ2n) is 5.99. The lowest BCUT2D eigenvalue weighted by Gasteiger charge is -2.30. The number of hydrogen-bond donors (Lipinski definition) is 1. The van der Waals surface area contributed by atoms with Gasteiger partial charge in [0.1, 0.15) is 0 Å². The molecule has 1 nitrogen and oxygen atoms in total. The first kappa shape index (κ1) is 16.0. The Morgan fingerprint density at radius 1 is 0.875 bits per heavy atom. The molecule has 0 bridgehead atoms. The van der Waals surface area contributed by atoms with Gasteiger partial charge in [-0.3, -0.25) is 0 Å². The van der Waals surface area contributed by atoms with Gasteiger partial charge in [0.15, 0.2) is 0 Å². The molecule has 0 aliphatic carbocycles. The minimum atomic E-state index is 0.727. The van der Waals surface area contributed by atoms with Gasteiger partial charge in [0, 0.05) is 6.04 Å². The Balaban J connectivity index is 4.29. The minimum absolute atomic E-state index is 0.727. The van der Waals surface area contributed by atoms with Crippen molar-refractivity contribution in [2.24, 2.45) is 17.8 Å². The number of hydrogen-bond acceptors (Lipinski definition) is 1. The van der Waals surface area contributed by atoms with E-state index in [1.54, 1.807) is 0 Å². The third-order valence-corrected chi connectivity index (χ3v) is 3.21. The molecule has 0 fully saturated rings. The van der Waals surface area contributed by atoms with Gasteiger partial charge in [-0.05, 0) is 50.0 Å². The molecule has 0 saturated carbocycles. The van der Waals surface area contributed by atoms with Crippen molar-refractivity contribution in [3.8, 4) is 0 Å². The highest BCUT2D eigenvalue weighted by atomic mass is 14.9. The largest absolute Gasteiger partial charge is 0.314 e. The average molecular weight is 227 g/mol. The van der Waals surface area contributed by atoms with Crippen LogP contribution in [-0.4, -0.2) is 12.6 Å². The maximum Gasteiger partial charge on any atom is 0.00928 e. The molecule has 0 heterocycles. The van der Waals surface area contributed by atoms with Crippen LogP contribution in [0.15, 0.2) is 0 Å². The van der Waals surface area contributed by atoms with Crippen molar-refractivity contribution in [1.29, 1.82) is 0 Å². The Morgan fingerprint density at radius 3 is 1.69 bits per heavy atom. The van der Waals surface area contributed by atoms with Crippen LogP contribution in [0.2, 0.25) is 0 Å². The monoisotopic (exact) mass is 227 g/mol. The van der Waals surface area contributed by atoms with Crippen LogP contribution >= 0.6 is 0 Å². The molecule has 0 aliphatic heterocycles. The fraction of sp³-hybridized carbons (Fsp3) is 1.00. The third kappa shape index (κ3) is 7.27. The third-order valence-electron chi connectivity index (χ3n) is 3.21. The van der Waals surface area contributed by atoms with Gasteiger partial charge >= 0.3 is 0 Å². The summed E-state index contributed by atoms with van der Waals surface area (Å²) in [5, 5.41) is 3.73. The zero-order chi connectivity index (χ0) is 12.6. The van der Waals surface area contributed by atoms with Crippen molar-refractivity contribution in [1.82, 2.24) is 5.32 Å². The van der Waals surface area contributed by atoms with Gasteiger partial charge in [-0.1, -0.05) is 41.5 Å². The summed E-state index contributed by atoms with van der Waals surface area (Å²) in [6.07, 6.45) is 5.25. The molecule has 1 N–H and O–H groups in total. The summed E-state index contributed by atoms with van der Waals surface area (Å²) in [4.78, 5) is 0. The zero-order valence-corrected chi connectivity index (χ0v) is 12.3. The quantitative estimate of drug-likeness (QED) is 0.612. The molecule has 0 aliphatic rings. The zero-order valence-electron chi connectivity index (χ0n) is 12.3. The molecule has 0 aromatic rings. The Labute approximate surface area is 103 Å². The Hall–Kier alpha value is -0.0400. The van der Waals surface area contributed by atoms with Gasteiger partial charge in [-0.25, -0.2) is 0 Å². The fourth-order valence-corrected chi connectivity index (χ4v) is 2.61. The van der Waals surface area contributed by atoms with Gasteiger partial charge in [-0.15, -0.1) is 0 Å². The van der Waals surface area contributed by atoms with Crippen molar-refractivity contribution < 1.29 is 0 Å². The van der Waals surface area contributed by atoms with Gasteiger partial charge in [-0.2, -0.15) is 0 Å². The van der Waals surface area contributed by atoms with Gasteiger partial charge < -0.3 is 5.32 Å². The molecule has 1 unspecified atom stereocenters. The highest BCUT2D eigenvalue weighted by Gasteiger charge is 2.21. The van der Waals surface area contributed by atoms with Crippen molar-refractivity contribution in [2.45, 2.75) is 73.3 Å². The standard InChI is InChI=1S/C15H33N/c1-7-9-16-15(8-2)14(10-12(3)4)11-13(5)6/h12-16H,7-11H2,1-6H3. The molecule has 98 valence electrons. The topological polar surface area (TPSA) is 12.0 Å². The minimum Gasteiger partial charge on any atom is -0.314 e. The van der Waals surface area contributed by atoms with E-state index in [1.165, 1.54) is 32.2 Å². The molecule has 0 aromatic heterocycles. The molecule has 0 aromatic carbocycles. The summed E-state index contributed by atoms with van der Waals surface area (Å²) in [6.45, 7) is 15.1. The Kier molecular flexibility index (Phi) is 9.02. The van der Waals surface area contributed by atoms with Crippen molar-refractivity contribution in [3.63, 3.8) is 0 Å². The van der Waals surface area contributed by atoms with Crippen molar-refractivity contribution in [2.75, 3.05) is 6.54 Å². The molecular formula is C15H33N. The molecule has 0 radical (unpaired) electrons. The molecule has 1 atom stereocenters. The van der Waals surface area contributed by atoms with E-state index in [1.807, 2.05) is 0 Å². The first-order valence-corrected chi connectivity index (χ1v) is 7.24. The van der Waals surface area contributed by atoms with E-state index >= 15 is 0 Å². The van der Waals surface area contributed by atoms with E-state index in [2.05, 4.69) is 46.9 Å². The van der Waals surface area contributed by atoms with Crippen LogP contribution in [0.5, 0.6) is 0 Å². The smallest absolute Gasteiger partial charge is 0.00928 e. The van der Waals surface area contributed by atoms with Crippen LogP contribution in [0, 0.1) is 17.8 Å². The highest BCUT2D eigenvalue weighted by molar-refractivity contribution is 4.77.